The molecule has 0 aromatic heterocycles. The van der Waals surface area contributed by atoms with Gasteiger partial charge in [0.2, 0.25) is 0 Å². The lowest BCUT2D eigenvalue weighted by Gasteiger charge is -2.29. The van der Waals surface area contributed by atoms with Crippen molar-refractivity contribution in [3.8, 4) is 0 Å². The molecule has 0 aromatic rings. The molecule has 2 heteroatoms. The zero-order chi connectivity index (χ0) is 9.78. The Labute approximate surface area is 81.4 Å². The van der Waals surface area contributed by atoms with Crippen molar-refractivity contribution < 1.29 is 4.74 Å². The van der Waals surface area contributed by atoms with Crippen molar-refractivity contribution in [3.05, 3.63) is 0 Å². The Morgan fingerprint density at radius 3 is 2.08 bits per heavy atom. The molecule has 0 N–H and O–H groups in total. The summed E-state index contributed by atoms with van der Waals surface area (Å²) in [6.07, 6.45) is 1.32. The Morgan fingerprint density at radius 2 is 1.75 bits per heavy atom. The maximum Gasteiger partial charge on any atom is 0.0633 e. The monoisotopic (exact) mass is 192 g/mol. The lowest BCUT2D eigenvalue weighted by molar-refractivity contribution is -0.0664. The van der Waals surface area contributed by atoms with Crippen LogP contribution in [-0.2, 0) is 4.74 Å². The van der Waals surface area contributed by atoms with Gasteiger partial charge >= 0.3 is 0 Å². The van der Waals surface area contributed by atoms with E-state index in [0.29, 0.717) is 17.9 Å². The van der Waals surface area contributed by atoms with Gasteiger partial charge in [-0.2, -0.15) is 0 Å². The number of hydrogen-bond donors (Lipinski definition) is 0. The first-order chi connectivity index (χ1) is 5.37. The van der Waals surface area contributed by atoms with E-state index in [2.05, 4.69) is 34.6 Å². The van der Waals surface area contributed by atoms with Crippen LogP contribution in [0.25, 0.3) is 0 Å². The molecule has 1 atom stereocenters. The standard InChI is InChI=1S/C10H21ClO/c1-8(2)12-10(4,5)6-9(3)7-11/h8-9H,6-7H2,1-5H3/t9-/m1/s1. The lowest BCUT2D eigenvalue weighted by atomic mass is 9.96. The lowest BCUT2D eigenvalue weighted by Crippen LogP contribution is -2.30. The van der Waals surface area contributed by atoms with Gasteiger partial charge in [-0.15, -0.1) is 11.6 Å². The molecule has 0 saturated carbocycles. The average Bonchev–Trinajstić information content (AvgIpc) is 1.83. The van der Waals surface area contributed by atoms with Crippen LogP contribution in [0, 0.1) is 5.92 Å². The summed E-state index contributed by atoms with van der Waals surface area (Å²) in [5.41, 5.74) is -0.0392. The van der Waals surface area contributed by atoms with E-state index in [9.17, 15) is 0 Å². The van der Waals surface area contributed by atoms with Gasteiger partial charge in [-0.3, -0.25) is 0 Å². The summed E-state index contributed by atoms with van der Waals surface area (Å²) in [4.78, 5) is 0. The molecule has 0 aliphatic heterocycles. The third kappa shape index (κ3) is 5.84. The van der Waals surface area contributed by atoms with Gasteiger partial charge in [-0.1, -0.05) is 6.92 Å². The molecule has 0 fully saturated rings. The first-order valence-electron chi connectivity index (χ1n) is 4.61. The molecule has 0 aliphatic rings. The SMILES string of the molecule is CC(C)OC(C)(C)C[C@@H](C)CCl. The molecular weight excluding hydrogens is 172 g/mol. The van der Waals surface area contributed by atoms with E-state index in [1.807, 2.05) is 0 Å². The van der Waals surface area contributed by atoms with E-state index < -0.39 is 0 Å². The van der Waals surface area contributed by atoms with E-state index in [1.54, 1.807) is 0 Å². The molecule has 0 bridgehead atoms. The van der Waals surface area contributed by atoms with Crippen LogP contribution in [0.5, 0.6) is 0 Å². The highest BCUT2D eigenvalue weighted by Gasteiger charge is 2.22. The summed E-state index contributed by atoms with van der Waals surface area (Å²) in [5, 5.41) is 0. The Bertz CT molecular complexity index is 121. The zero-order valence-electron chi connectivity index (χ0n) is 8.86. The Morgan fingerprint density at radius 1 is 1.25 bits per heavy atom. The predicted molar refractivity (Wildman–Crippen MR) is 54.8 cm³/mol. The Balaban J connectivity index is 3.85. The largest absolute Gasteiger partial charge is 0.373 e. The maximum absolute atomic E-state index is 5.75. The second-order valence-electron chi connectivity index (χ2n) is 4.39. The highest BCUT2D eigenvalue weighted by molar-refractivity contribution is 6.18. The highest BCUT2D eigenvalue weighted by Crippen LogP contribution is 2.22. The maximum atomic E-state index is 5.75. The fourth-order valence-corrected chi connectivity index (χ4v) is 1.69. The fourth-order valence-electron chi connectivity index (χ4n) is 1.58. The molecular formula is C10H21ClO. The van der Waals surface area contributed by atoms with E-state index in [0.717, 1.165) is 6.42 Å². The van der Waals surface area contributed by atoms with Crippen molar-refractivity contribution in [1.82, 2.24) is 0 Å². The summed E-state index contributed by atoms with van der Waals surface area (Å²) in [6.45, 7) is 10.5. The number of ether oxygens (including phenoxy) is 1. The number of halogens is 1. The Kier molecular flexibility index (Phi) is 5.19. The van der Waals surface area contributed by atoms with Crippen LogP contribution in [0.15, 0.2) is 0 Å². The molecule has 74 valence electrons. The molecule has 0 unspecified atom stereocenters. The van der Waals surface area contributed by atoms with E-state index in [1.165, 1.54) is 0 Å². The summed E-state index contributed by atoms with van der Waals surface area (Å²) in [5.74, 6) is 1.24. The molecule has 0 amide bonds. The van der Waals surface area contributed by atoms with Gasteiger partial charge in [-0.05, 0) is 40.0 Å². The van der Waals surface area contributed by atoms with Gasteiger partial charge in [0.05, 0.1) is 11.7 Å². The molecule has 0 aromatic carbocycles. The van der Waals surface area contributed by atoms with Crippen molar-refractivity contribution in [2.45, 2.75) is 52.7 Å². The van der Waals surface area contributed by atoms with Gasteiger partial charge < -0.3 is 4.74 Å². The minimum Gasteiger partial charge on any atom is -0.373 e. The first kappa shape index (κ1) is 12.2. The van der Waals surface area contributed by atoms with Crippen molar-refractivity contribution >= 4 is 11.6 Å². The molecule has 0 radical (unpaired) electrons. The van der Waals surface area contributed by atoms with Crippen LogP contribution in [-0.4, -0.2) is 17.6 Å². The number of alkyl halides is 1. The third-order valence-corrected chi connectivity index (χ3v) is 2.19. The molecule has 0 rings (SSSR count). The van der Waals surface area contributed by atoms with E-state index >= 15 is 0 Å². The summed E-state index contributed by atoms with van der Waals surface area (Å²) in [6, 6.07) is 0. The predicted octanol–water partition coefficient (Wildman–Crippen LogP) is 3.46. The van der Waals surface area contributed by atoms with Crippen molar-refractivity contribution in [2.75, 3.05) is 5.88 Å². The minimum atomic E-state index is -0.0392. The van der Waals surface area contributed by atoms with Crippen LogP contribution in [0.1, 0.15) is 41.0 Å². The van der Waals surface area contributed by atoms with Crippen LogP contribution in [0.4, 0.5) is 0 Å². The van der Waals surface area contributed by atoms with Gasteiger partial charge in [-0.25, -0.2) is 0 Å². The molecule has 0 spiro atoms. The van der Waals surface area contributed by atoms with Crippen LogP contribution < -0.4 is 0 Å². The zero-order valence-corrected chi connectivity index (χ0v) is 9.61. The van der Waals surface area contributed by atoms with Crippen molar-refractivity contribution in [1.29, 1.82) is 0 Å². The molecule has 0 heterocycles. The highest BCUT2D eigenvalue weighted by atomic mass is 35.5. The van der Waals surface area contributed by atoms with Crippen molar-refractivity contribution in [3.63, 3.8) is 0 Å². The second kappa shape index (κ2) is 5.08. The van der Waals surface area contributed by atoms with Crippen LogP contribution >= 0.6 is 11.6 Å². The molecule has 0 saturated heterocycles. The van der Waals surface area contributed by atoms with E-state index in [4.69, 9.17) is 16.3 Å². The van der Waals surface area contributed by atoms with Crippen LogP contribution in [0.3, 0.4) is 0 Å². The smallest absolute Gasteiger partial charge is 0.0633 e. The van der Waals surface area contributed by atoms with Gasteiger partial charge in [0, 0.05) is 5.88 Å². The quantitative estimate of drug-likeness (QED) is 0.607. The number of rotatable bonds is 5. The summed E-state index contributed by atoms with van der Waals surface area (Å²) in [7, 11) is 0. The average molecular weight is 193 g/mol. The second-order valence-corrected chi connectivity index (χ2v) is 4.70. The minimum absolute atomic E-state index is 0.0392. The fraction of sp³-hybridized carbons (Fsp3) is 1.00. The van der Waals surface area contributed by atoms with E-state index in [-0.39, 0.29) is 5.60 Å². The topological polar surface area (TPSA) is 9.23 Å². The first-order valence-corrected chi connectivity index (χ1v) is 5.14. The Hall–Kier alpha value is 0.250. The summed E-state index contributed by atoms with van der Waals surface area (Å²) < 4.78 is 5.75. The van der Waals surface area contributed by atoms with Gasteiger partial charge in [0.25, 0.3) is 0 Å². The normalized spacial score (nSPS) is 15.2. The molecule has 12 heavy (non-hydrogen) atoms. The summed E-state index contributed by atoms with van der Waals surface area (Å²) >= 11 is 5.74. The van der Waals surface area contributed by atoms with Crippen molar-refractivity contribution in [2.24, 2.45) is 5.92 Å². The molecule has 1 nitrogen and oxygen atoms in total. The number of hydrogen-bond acceptors (Lipinski definition) is 1. The third-order valence-electron chi connectivity index (χ3n) is 1.66. The van der Waals surface area contributed by atoms with Gasteiger partial charge in [0.15, 0.2) is 0 Å². The van der Waals surface area contributed by atoms with Gasteiger partial charge in [0.1, 0.15) is 0 Å². The van der Waals surface area contributed by atoms with Crippen LogP contribution in [0.2, 0.25) is 0 Å². The molecule has 0 aliphatic carbocycles.